The minimum Gasteiger partial charge on any atom is -0.394 e. The van der Waals surface area contributed by atoms with Gasteiger partial charge in [-0.2, -0.15) is 0 Å². The third-order valence-electron chi connectivity index (χ3n) is 1.54. The molecule has 0 aliphatic heterocycles. The lowest BCUT2D eigenvalue weighted by molar-refractivity contribution is -0.122. The summed E-state index contributed by atoms with van der Waals surface area (Å²) in [6.45, 7) is 1.66. The zero-order chi connectivity index (χ0) is 10.6. The van der Waals surface area contributed by atoms with Gasteiger partial charge in [-0.05, 0) is 6.92 Å². The summed E-state index contributed by atoms with van der Waals surface area (Å²) in [5, 5.41) is 15.0. The van der Waals surface area contributed by atoms with Crippen molar-refractivity contribution < 1.29 is 9.90 Å². The van der Waals surface area contributed by atoms with E-state index < -0.39 is 0 Å². The Balaban J connectivity index is 2.41. The SMILES string of the molecule is CC(CO)NC(=O)Cn1cnc(N)n1. The number of amides is 1. The Morgan fingerprint density at radius 2 is 2.57 bits per heavy atom. The van der Waals surface area contributed by atoms with E-state index in [0.717, 1.165) is 0 Å². The van der Waals surface area contributed by atoms with E-state index in [9.17, 15) is 4.79 Å². The Morgan fingerprint density at radius 1 is 1.86 bits per heavy atom. The molecule has 1 amide bonds. The monoisotopic (exact) mass is 199 g/mol. The molecule has 14 heavy (non-hydrogen) atoms. The number of nitrogen functional groups attached to an aromatic ring is 1. The van der Waals surface area contributed by atoms with Crippen LogP contribution in [-0.2, 0) is 11.3 Å². The molecule has 0 aromatic carbocycles. The van der Waals surface area contributed by atoms with Crippen LogP contribution < -0.4 is 11.1 Å². The van der Waals surface area contributed by atoms with Crippen LogP contribution in [0.4, 0.5) is 5.95 Å². The first-order valence-corrected chi connectivity index (χ1v) is 4.17. The van der Waals surface area contributed by atoms with Crippen molar-refractivity contribution >= 4 is 11.9 Å². The van der Waals surface area contributed by atoms with Crippen molar-refractivity contribution in [2.75, 3.05) is 12.3 Å². The molecule has 0 saturated heterocycles. The van der Waals surface area contributed by atoms with Gasteiger partial charge in [0.15, 0.2) is 0 Å². The number of aliphatic hydroxyl groups excluding tert-OH is 1. The summed E-state index contributed by atoms with van der Waals surface area (Å²) >= 11 is 0. The summed E-state index contributed by atoms with van der Waals surface area (Å²) in [6, 6.07) is -0.261. The van der Waals surface area contributed by atoms with Crippen molar-refractivity contribution in [3.63, 3.8) is 0 Å². The summed E-state index contributed by atoms with van der Waals surface area (Å²) < 4.78 is 1.33. The van der Waals surface area contributed by atoms with E-state index in [1.807, 2.05) is 0 Å². The summed E-state index contributed by atoms with van der Waals surface area (Å²) in [6.07, 6.45) is 1.37. The number of carbonyl (C=O) groups is 1. The highest BCUT2D eigenvalue weighted by Crippen LogP contribution is 1.89. The highest BCUT2D eigenvalue weighted by molar-refractivity contribution is 5.75. The first-order valence-electron chi connectivity index (χ1n) is 4.17. The summed E-state index contributed by atoms with van der Waals surface area (Å²) in [7, 11) is 0. The summed E-state index contributed by atoms with van der Waals surface area (Å²) in [4.78, 5) is 14.9. The molecule has 1 aromatic heterocycles. The fourth-order valence-corrected chi connectivity index (χ4v) is 0.898. The summed E-state index contributed by atoms with van der Waals surface area (Å²) in [5.74, 6) is -0.107. The Kier molecular flexibility index (Phi) is 3.41. The molecule has 0 aliphatic carbocycles. The van der Waals surface area contributed by atoms with Gasteiger partial charge >= 0.3 is 0 Å². The lowest BCUT2D eigenvalue weighted by Crippen LogP contribution is -2.37. The zero-order valence-corrected chi connectivity index (χ0v) is 7.84. The molecule has 7 nitrogen and oxygen atoms in total. The molecule has 1 heterocycles. The lowest BCUT2D eigenvalue weighted by atomic mass is 10.3. The van der Waals surface area contributed by atoms with Gasteiger partial charge in [0.05, 0.1) is 6.61 Å². The minimum absolute atomic E-state index is 0.0501. The maximum atomic E-state index is 11.2. The molecule has 4 N–H and O–H groups in total. The van der Waals surface area contributed by atoms with Gasteiger partial charge in [-0.3, -0.25) is 4.79 Å². The van der Waals surface area contributed by atoms with Gasteiger partial charge in [0, 0.05) is 6.04 Å². The standard InChI is InChI=1S/C7H13N5O2/c1-5(3-13)10-6(14)2-12-4-9-7(8)11-12/h4-5,13H,2-3H2,1H3,(H2,8,11)(H,10,14). The van der Waals surface area contributed by atoms with Gasteiger partial charge in [-0.1, -0.05) is 0 Å². The molecular weight excluding hydrogens is 186 g/mol. The highest BCUT2D eigenvalue weighted by Gasteiger charge is 2.07. The molecule has 1 unspecified atom stereocenters. The fraction of sp³-hybridized carbons (Fsp3) is 0.571. The van der Waals surface area contributed by atoms with Gasteiger partial charge in [0.1, 0.15) is 12.9 Å². The number of hydrogen-bond acceptors (Lipinski definition) is 5. The minimum atomic E-state index is -0.261. The Labute approximate surface area is 80.9 Å². The van der Waals surface area contributed by atoms with Crippen LogP contribution in [0, 0.1) is 0 Å². The average Bonchev–Trinajstić information content (AvgIpc) is 2.50. The molecule has 1 rings (SSSR count). The molecule has 0 saturated carbocycles. The van der Waals surface area contributed by atoms with E-state index in [1.165, 1.54) is 11.0 Å². The predicted octanol–water partition coefficient (Wildman–Crippen LogP) is -1.64. The Morgan fingerprint density at radius 3 is 3.07 bits per heavy atom. The molecular formula is C7H13N5O2. The molecule has 0 fully saturated rings. The average molecular weight is 199 g/mol. The number of anilines is 1. The number of nitrogens with zero attached hydrogens (tertiary/aromatic N) is 3. The predicted molar refractivity (Wildman–Crippen MR) is 49.1 cm³/mol. The van der Waals surface area contributed by atoms with Crippen LogP contribution >= 0.6 is 0 Å². The van der Waals surface area contributed by atoms with Crippen LogP contribution in [-0.4, -0.2) is 38.4 Å². The summed E-state index contributed by atoms with van der Waals surface area (Å²) in [5.41, 5.74) is 5.27. The van der Waals surface area contributed by atoms with Gasteiger partial charge in [-0.15, -0.1) is 5.10 Å². The first-order chi connectivity index (χ1) is 6.61. The van der Waals surface area contributed by atoms with Crippen LogP contribution in [0.2, 0.25) is 0 Å². The molecule has 1 aromatic rings. The van der Waals surface area contributed by atoms with E-state index >= 15 is 0 Å². The van der Waals surface area contributed by atoms with Crippen LogP contribution in [0.15, 0.2) is 6.33 Å². The second-order valence-electron chi connectivity index (χ2n) is 2.95. The van der Waals surface area contributed by atoms with Crippen molar-refractivity contribution in [2.24, 2.45) is 0 Å². The van der Waals surface area contributed by atoms with Crippen molar-refractivity contribution in [2.45, 2.75) is 19.5 Å². The Bertz CT molecular complexity index is 311. The largest absolute Gasteiger partial charge is 0.394 e. The lowest BCUT2D eigenvalue weighted by Gasteiger charge is -2.09. The Hall–Kier alpha value is -1.63. The van der Waals surface area contributed by atoms with E-state index in [4.69, 9.17) is 10.8 Å². The van der Waals surface area contributed by atoms with Crippen molar-refractivity contribution in [1.29, 1.82) is 0 Å². The number of aromatic nitrogens is 3. The number of hydrogen-bond donors (Lipinski definition) is 3. The molecule has 7 heteroatoms. The van der Waals surface area contributed by atoms with Crippen LogP contribution in [0.25, 0.3) is 0 Å². The molecule has 0 spiro atoms. The van der Waals surface area contributed by atoms with Crippen LogP contribution in [0.5, 0.6) is 0 Å². The third-order valence-corrected chi connectivity index (χ3v) is 1.54. The van der Waals surface area contributed by atoms with Gasteiger partial charge in [0.2, 0.25) is 11.9 Å². The van der Waals surface area contributed by atoms with E-state index in [2.05, 4.69) is 15.4 Å². The second-order valence-corrected chi connectivity index (χ2v) is 2.95. The van der Waals surface area contributed by atoms with E-state index in [0.29, 0.717) is 0 Å². The zero-order valence-electron chi connectivity index (χ0n) is 7.84. The van der Waals surface area contributed by atoms with E-state index in [-0.39, 0.29) is 31.0 Å². The van der Waals surface area contributed by atoms with Crippen LogP contribution in [0.3, 0.4) is 0 Å². The second kappa shape index (κ2) is 4.56. The third kappa shape index (κ3) is 3.02. The molecule has 1 atom stereocenters. The maximum Gasteiger partial charge on any atom is 0.242 e. The van der Waals surface area contributed by atoms with Gasteiger partial charge in [-0.25, -0.2) is 9.67 Å². The number of rotatable bonds is 4. The van der Waals surface area contributed by atoms with Crippen molar-refractivity contribution in [1.82, 2.24) is 20.1 Å². The number of nitrogens with one attached hydrogen (secondary N) is 1. The molecule has 0 radical (unpaired) electrons. The topological polar surface area (TPSA) is 106 Å². The maximum absolute atomic E-state index is 11.2. The van der Waals surface area contributed by atoms with Gasteiger partial charge < -0.3 is 16.2 Å². The number of carbonyl (C=O) groups excluding carboxylic acids is 1. The smallest absolute Gasteiger partial charge is 0.242 e. The number of nitrogens with two attached hydrogens (primary N) is 1. The number of aliphatic hydroxyl groups is 1. The quantitative estimate of drug-likeness (QED) is 0.539. The van der Waals surface area contributed by atoms with Crippen molar-refractivity contribution in [3.05, 3.63) is 6.33 Å². The molecule has 0 bridgehead atoms. The van der Waals surface area contributed by atoms with E-state index in [1.54, 1.807) is 6.92 Å². The van der Waals surface area contributed by atoms with Crippen molar-refractivity contribution in [3.8, 4) is 0 Å². The first kappa shape index (κ1) is 10.5. The molecule has 78 valence electrons. The molecule has 0 aliphatic rings. The van der Waals surface area contributed by atoms with Gasteiger partial charge in [0.25, 0.3) is 0 Å². The van der Waals surface area contributed by atoms with Crippen LogP contribution in [0.1, 0.15) is 6.92 Å². The highest BCUT2D eigenvalue weighted by atomic mass is 16.3. The fourth-order valence-electron chi connectivity index (χ4n) is 0.898. The normalized spacial score (nSPS) is 12.4.